The van der Waals surface area contributed by atoms with Gasteiger partial charge in [0.1, 0.15) is 53.2 Å². The highest BCUT2D eigenvalue weighted by molar-refractivity contribution is 6.33. The number of methoxy groups -OCH3 is 1. The van der Waals surface area contributed by atoms with Crippen LogP contribution in [0.5, 0.6) is 17.2 Å². The van der Waals surface area contributed by atoms with Gasteiger partial charge in [-0.05, 0) is 168 Å². The van der Waals surface area contributed by atoms with E-state index in [1.54, 1.807) is 47.9 Å². The summed E-state index contributed by atoms with van der Waals surface area (Å²) in [6.45, 7) is 12.2. The van der Waals surface area contributed by atoms with Crippen molar-refractivity contribution in [1.82, 2.24) is 39.5 Å². The van der Waals surface area contributed by atoms with Gasteiger partial charge in [0.15, 0.2) is 0 Å². The van der Waals surface area contributed by atoms with Crippen molar-refractivity contribution < 1.29 is 118 Å². The molecule has 0 fully saturated rings. The molecule has 8 amide bonds. The summed E-state index contributed by atoms with van der Waals surface area (Å²) >= 11 is 18.9. The molecule has 12 rings (SSSR count). The molecule has 8 aromatic rings. The average Bonchev–Trinajstić information content (AvgIpc) is 0.824. The van der Waals surface area contributed by atoms with Gasteiger partial charge >= 0.3 is 43.0 Å². The van der Waals surface area contributed by atoms with Crippen molar-refractivity contribution in [3.8, 4) is 17.2 Å². The third-order valence-electron chi connectivity index (χ3n) is 20.4. The molecule has 0 saturated heterocycles. The molecule has 8 heterocycles. The van der Waals surface area contributed by atoms with Crippen LogP contribution in [0.25, 0.3) is 22.3 Å². The lowest BCUT2D eigenvalue weighted by Gasteiger charge is -2.27. The van der Waals surface area contributed by atoms with Gasteiger partial charge in [0.05, 0.1) is 71.3 Å². The Kier molecular flexibility index (Phi) is 35.1. The number of aliphatic hydroxyl groups is 8. The largest absolute Gasteiger partial charge is 0.573 e. The quantitative estimate of drug-likeness (QED) is 0.0315. The molecular formula is C88H95Cl3F10N12O15. The number of carbonyl (C=O) groups excluding carboxylic acids is 4. The maximum Gasteiger partial charge on any atom is 0.573 e. The molecule has 0 aliphatic carbocycles. The Morgan fingerprint density at radius 1 is 0.438 bits per heavy atom. The first kappa shape index (κ1) is 101. The number of nitrogens with zero attached hydrogens (tertiary/aromatic N) is 8. The fraction of sp³-hybridized carbons (Fsp3) is 0.364. The number of carbonyl (C=O) groups is 4. The van der Waals surface area contributed by atoms with Gasteiger partial charge in [-0.1, -0.05) is 106 Å². The van der Waals surface area contributed by atoms with Crippen molar-refractivity contribution in [3.05, 3.63) is 240 Å². The Balaban J connectivity index is 0.000000193. The number of urea groups is 4. The van der Waals surface area contributed by atoms with Crippen molar-refractivity contribution in [3.63, 3.8) is 0 Å². The molecule has 4 atom stereocenters. The van der Waals surface area contributed by atoms with Crippen LogP contribution in [0.2, 0.25) is 15.1 Å². The molecule has 0 unspecified atom stereocenters. The highest BCUT2D eigenvalue weighted by atomic mass is 35.5. The van der Waals surface area contributed by atoms with Crippen LogP contribution in [-0.2, 0) is 11.6 Å². The lowest BCUT2D eigenvalue weighted by molar-refractivity contribution is -0.275. The van der Waals surface area contributed by atoms with Crippen LogP contribution in [0.4, 0.5) is 85.8 Å². The highest BCUT2D eigenvalue weighted by Crippen LogP contribution is 2.41. The number of anilines is 4. The number of aliphatic hydroxyl groups excluding tert-OH is 8. The van der Waals surface area contributed by atoms with E-state index in [9.17, 15) is 83.5 Å². The van der Waals surface area contributed by atoms with Crippen LogP contribution < -0.4 is 35.5 Å². The number of hydrogen-bond acceptors (Lipinski definition) is 19. The van der Waals surface area contributed by atoms with Crippen molar-refractivity contribution in [2.45, 2.75) is 122 Å². The van der Waals surface area contributed by atoms with Gasteiger partial charge in [0, 0.05) is 128 Å². The topological polar surface area (TPSA) is 370 Å². The monoisotopic (exact) mass is 1850 g/mol. The van der Waals surface area contributed by atoms with E-state index in [0.717, 1.165) is 53.8 Å². The standard InChI is InChI=1S/C23H25ClF3N3O4.C23H28ClN3O3.C21H21ClF3N3O4.C21H21F4N3O4/c1-13(2)17-10-16(3-4-20(17)34-23(25,26)27)29-22(33)30-7-5-14(6-8-30)21-18(24)9-15(11-28-21)19(32)12-31;1-23(2,3)17-4-6-18(7-5-17)26-22(30)27-10-8-15(9-11-27)21-19(24)12-16(13-25-21)20(29)14-28;1-32-18-9-14(2-3-15(18)21(23,24)25)27-20(31)28-6-4-12(5-7-28)19-16(22)8-13(10-26-19)17(30)11-29;1-12-8-15(2-3-18(12)32-21(23,24)25)27-20(31)28-6-4-13(5-7-28)19-16(22)9-14(10-26-19)17(30)11-29/h3-5,9-11,13,19,31-32H,6-8,12H2,1-2H3,(H,29,33);4-8,12-13,20,28-29H,9-11,14H2,1-3H3,(H,26,30);2*2-4,8-10,17,29-30H,5-7,11H2,1H3,(H,27,31)/t19-;20-;2*17-/m1011/s1. The molecule has 4 aliphatic rings. The average molecular weight is 1860 g/mol. The summed E-state index contributed by atoms with van der Waals surface area (Å²) in [5.41, 5.74) is 8.97. The molecule has 4 aliphatic heterocycles. The second kappa shape index (κ2) is 44.7. The lowest BCUT2D eigenvalue weighted by atomic mass is 9.87. The van der Waals surface area contributed by atoms with E-state index in [1.807, 2.05) is 36.4 Å². The van der Waals surface area contributed by atoms with E-state index in [-0.39, 0.29) is 89.9 Å². The van der Waals surface area contributed by atoms with E-state index >= 15 is 0 Å². The first-order valence-electron chi connectivity index (χ1n) is 39.8. The molecule has 128 heavy (non-hydrogen) atoms. The van der Waals surface area contributed by atoms with E-state index < -0.39 is 92.6 Å². The lowest BCUT2D eigenvalue weighted by Crippen LogP contribution is -2.38. The number of aromatic nitrogens is 4. The zero-order valence-electron chi connectivity index (χ0n) is 70.1. The van der Waals surface area contributed by atoms with Crippen molar-refractivity contribution in [1.29, 1.82) is 0 Å². The number of aryl methyl sites for hydroxylation is 1. The Labute approximate surface area is 744 Å². The third kappa shape index (κ3) is 28.1. The number of alkyl halides is 9. The van der Waals surface area contributed by atoms with E-state index in [4.69, 9.17) is 60.0 Å². The van der Waals surface area contributed by atoms with Crippen LogP contribution in [0.15, 0.2) is 152 Å². The van der Waals surface area contributed by atoms with Crippen LogP contribution in [-0.4, -0.2) is 203 Å². The summed E-state index contributed by atoms with van der Waals surface area (Å²) in [6.07, 6.45) is -3.74. The van der Waals surface area contributed by atoms with Crippen molar-refractivity contribution in [2.24, 2.45) is 0 Å². The molecule has 0 saturated carbocycles. The number of pyridine rings is 4. The zero-order valence-corrected chi connectivity index (χ0v) is 72.3. The summed E-state index contributed by atoms with van der Waals surface area (Å²) in [5.74, 6) is -1.93. The van der Waals surface area contributed by atoms with Crippen LogP contribution in [0.3, 0.4) is 0 Å². The molecule has 12 N–H and O–H groups in total. The summed E-state index contributed by atoms with van der Waals surface area (Å²) in [7, 11) is 1.13. The van der Waals surface area contributed by atoms with Crippen molar-refractivity contribution >= 4 is 104 Å². The number of rotatable bonds is 20. The molecule has 688 valence electrons. The minimum absolute atomic E-state index is 0.0697. The highest BCUT2D eigenvalue weighted by Gasteiger charge is 2.37. The number of nitrogens with one attached hydrogen (secondary N) is 4. The van der Waals surface area contributed by atoms with E-state index in [1.165, 1.54) is 89.5 Å². The van der Waals surface area contributed by atoms with Crippen LogP contribution in [0.1, 0.15) is 158 Å². The summed E-state index contributed by atoms with van der Waals surface area (Å²) < 4.78 is 141. The Morgan fingerprint density at radius 3 is 1.07 bits per heavy atom. The second-order valence-corrected chi connectivity index (χ2v) is 32.1. The van der Waals surface area contributed by atoms with Gasteiger partial charge in [-0.2, -0.15) is 13.2 Å². The smallest absolute Gasteiger partial charge is 0.496 e. The molecule has 4 aromatic carbocycles. The Morgan fingerprint density at radius 2 is 0.758 bits per heavy atom. The predicted molar refractivity (Wildman–Crippen MR) is 461 cm³/mol. The Hall–Kier alpha value is -11.2. The molecule has 0 radical (unpaired) electrons. The first-order valence-corrected chi connectivity index (χ1v) is 40.9. The fourth-order valence-electron chi connectivity index (χ4n) is 13.3. The summed E-state index contributed by atoms with van der Waals surface area (Å²) in [4.78, 5) is 73.5. The number of halogens is 13. The molecule has 0 spiro atoms. The Bertz CT molecular complexity index is 5370. The van der Waals surface area contributed by atoms with Gasteiger partial charge in [0.2, 0.25) is 0 Å². The van der Waals surface area contributed by atoms with Gasteiger partial charge in [0.25, 0.3) is 0 Å². The molecule has 0 bridgehead atoms. The predicted octanol–water partition coefficient (Wildman–Crippen LogP) is 17.4. The van der Waals surface area contributed by atoms with E-state index in [0.29, 0.717) is 123 Å². The SMILES string of the molecule is CC(C)(C)c1ccc(NC(=O)N2CC=C(c3ncc([C@@H](O)CO)cc3Cl)CC2)cc1.CC(C)c1cc(NC(=O)N2CC=C(c3ncc([C@H](O)CO)cc3Cl)CC2)ccc1OC(F)(F)F.COc1cc(NC(=O)N2CC=C(c3ncc([C@H](O)CO)cc3Cl)CC2)ccc1C(F)(F)F.Cc1cc(NC(=O)N2CC=C(c3ncc([C@H](O)CO)cc3F)CC2)ccc1OC(F)(F)F. The summed E-state index contributed by atoms with van der Waals surface area (Å²) in [5, 5.41) is 86.7. The maximum absolute atomic E-state index is 14.4. The van der Waals surface area contributed by atoms with Crippen molar-refractivity contribution in [2.75, 3.05) is 107 Å². The third-order valence-corrected chi connectivity index (χ3v) is 21.3. The van der Waals surface area contributed by atoms with Gasteiger partial charge in [-0.3, -0.25) is 19.9 Å². The second-order valence-electron chi connectivity index (χ2n) is 30.8. The minimum atomic E-state index is -4.80. The maximum atomic E-state index is 14.4. The van der Waals surface area contributed by atoms with Gasteiger partial charge in [-0.15, -0.1) is 26.3 Å². The molecule has 40 heteroatoms. The summed E-state index contributed by atoms with van der Waals surface area (Å²) in [6, 6.07) is 23.2. The normalized spacial score (nSPS) is 15.3. The van der Waals surface area contributed by atoms with Gasteiger partial charge in [-0.25, -0.2) is 23.6 Å². The zero-order chi connectivity index (χ0) is 93.9. The molecule has 4 aromatic heterocycles. The number of ether oxygens (including phenoxy) is 3. The van der Waals surface area contributed by atoms with Crippen LogP contribution in [0, 0.1) is 12.7 Å². The number of benzene rings is 4. The first-order chi connectivity index (χ1) is 60.4. The molecular weight excluding hydrogens is 1760 g/mol. The molecule has 27 nitrogen and oxygen atoms in total. The number of amides is 8. The fourth-order valence-corrected chi connectivity index (χ4v) is 14.2. The van der Waals surface area contributed by atoms with Gasteiger partial charge < -0.3 is 95.9 Å². The van der Waals surface area contributed by atoms with E-state index in [2.05, 4.69) is 71.4 Å². The minimum Gasteiger partial charge on any atom is -0.496 e. The van der Waals surface area contributed by atoms with Crippen LogP contribution >= 0.6 is 34.8 Å². The number of hydrogen-bond donors (Lipinski definition) is 12.